The average Bonchev–Trinajstić information content (AvgIpc) is 2.62. The van der Waals surface area contributed by atoms with Crippen molar-refractivity contribution < 1.29 is 0 Å². The molecule has 0 atom stereocenters. The minimum atomic E-state index is 0.561. The van der Waals surface area contributed by atoms with Gasteiger partial charge in [-0.3, -0.25) is 4.98 Å². The number of hydrogen-bond donors (Lipinski definition) is 2. The molecule has 0 amide bonds. The van der Waals surface area contributed by atoms with E-state index in [0.29, 0.717) is 17.1 Å². The highest BCUT2D eigenvalue weighted by Crippen LogP contribution is 2.26. The molecule has 2 N–H and O–H groups in total. The summed E-state index contributed by atoms with van der Waals surface area (Å²) in [6, 6.07) is 16.9. The number of rotatable bonds is 4. The highest BCUT2D eigenvalue weighted by Gasteiger charge is 2.07. The highest BCUT2D eigenvalue weighted by molar-refractivity contribution is 5.89. The van der Waals surface area contributed by atoms with E-state index in [9.17, 15) is 0 Å². The molecule has 0 saturated heterocycles. The van der Waals surface area contributed by atoms with E-state index in [0.717, 1.165) is 22.5 Å². The minimum absolute atomic E-state index is 0.561. The van der Waals surface area contributed by atoms with Gasteiger partial charge in [0, 0.05) is 34.9 Å². The number of anilines is 2. The lowest BCUT2D eigenvalue weighted by Crippen LogP contribution is -1.99. The maximum Gasteiger partial charge on any atom is 0.130 e. The molecule has 3 rings (SSSR count). The fourth-order valence-electron chi connectivity index (χ4n) is 2.36. The monoisotopic (exact) mass is 313 g/mol. The Kier molecular flexibility index (Phi) is 4.30. The quantitative estimate of drug-likeness (QED) is 0.711. The third-order valence-electron chi connectivity index (χ3n) is 3.54. The lowest BCUT2D eigenvalue weighted by molar-refractivity contribution is 1.20. The van der Waals surface area contributed by atoms with Crippen LogP contribution in [0.3, 0.4) is 0 Å². The summed E-state index contributed by atoms with van der Waals surface area (Å²) in [6.07, 6.45) is 2.91. The second-order valence-corrected chi connectivity index (χ2v) is 5.28. The van der Waals surface area contributed by atoms with Gasteiger partial charge < -0.3 is 10.7 Å². The maximum atomic E-state index is 9.04. The summed E-state index contributed by atoms with van der Waals surface area (Å²) in [5.74, 6) is 0.717. The van der Waals surface area contributed by atoms with Gasteiger partial charge in [-0.25, -0.2) is 4.98 Å². The van der Waals surface area contributed by atoms with Crippen molar-refractivity contribution in [1.82, 2.24) is 9.97 Å². The third kappa shape index (κ3) is 3.28. The van der Waals surface area contributed by atoms with E-state index in [2.05, 4.69) is 21.4 Å². The predicted molar refractivity (Wildman–Crippen MR) is 94.5 cm³/mol. The Labute approximate surface area is 140 Å². The Bertz CT molecular complexity index is 940. The zero-order valence-corrected chi connectivity index (χ0v) is 13.1. The Morgan fingerprint density at radius 1 is 1.17 bits per heavy atom. The molecule has 1 aromatic carbocycles. The zero-order chi connectivity index (χ0) is 16.9. The molecule has 116 valence electrons. The minimum Gasteiger partial charge on any atom is -0.340 e. The largest absolute Gasteiger partial charge is 0.340 e. The van der Waals surface area contributed by atoms with Gasteiger partial charge in [-0.1, -0.05) is 18.2 Å². The Morgan fingerprint density at radius 2 is 2.04 bits per heavy atom. The molecule has 5 nitrogen and oxygen atoms in total. The van der Waals surface area contributed by atoms with Crippen molar-refractivity contribution in [3.8, 4) is 17.3 Å². The van der Waals surface area contributed by atoms with Crippen LogP contribution in [0.2, 0.25) is 0 Å². The van der Waals surface area contributed by atoms with Crippen molar-refractivity contribution in [2.75, 3.05) is 5.32 Å². The molecule has 0 aliphatic rings. The van der Waals surface area contributed by atoms with Crippen molar-refractivity contribution >= 4 is 17.7 Å². The molecule has 0 radical (unpaired) electrons. The van der Waals surface area contributed by atoms with E-state index in [1.165, 1.54) is 6.21 Å². The molecule has 0 aliphatic heterocycles. The average molecular weight is 313 g/mol. The van der Waals surface area contributed by atoms with E-state index in [1.54, 1.807) is 18.3 Å². The molecule has 0 saturated carbocycles. The van der Waals surface area contributed by atoms with Crippen LogP contribution in [-0.2, 0) is 0 Å². The maximum absolute atomic E-state index is 9.04. The first kappa shape index (κ1) is 15.4. The van der Waals surface area contributed by atoms with Gasteiger partial charge in [-0.05, 0) is 37.3 Å². The van der Waals surface area contributed by atoms with Crippen molar-refractivity contribution in [1.29, 1.82) is 10.7 Å². The first-order valence-electron chi connectivity index (χ1n) is 7.41. The number of benzene rings is 1. The summed E-state index contributed by atoms with van der Waals surface area (Å²) in [4.78, 5) is 8.75. The van der Waals surface area contributed by atoms with Gasteiger partial charge in [-0.15, -0.1) is 0 Å². The van der Waals surface area contributed by atoms with Crippen LogP contribution in [0.1, 0.15) is 16.8 Å². The summed E-state index contributed by atoms with van der Waals surface area (Å²) >= 11 is 0. The number of nitrogens with zero attached hydrogens (tertiary/aromatic N) is 3. The van der Waals surface area contributed by atoms with Crippen LogP contribution < -0.4 is 5.32 Å². The fourth-order valence-corrected chi connectivity index (χ4v) is 2.36. The number of aromatic nitrogens is 2. The van der Waals surface area contributed by atoms with Gasteiger partial charge in [0.1, 0.15) is 5.82 Å². The summed E-state index contributed by atoms with van der Waals surface area (Å²) in [5.41, 5.74) is 4.57. The standard InChI is InChI=1S/C19H15N5/c1-13-3-2-4-19(23-13)24-18-10-15(5-6-16(18)12-21)17-9-14(11-20)7-8-22-17/h2-10,12,21H,1H3,(H,23,24). The molecular formula is C19H15N5. The van der Waals surface area contributed by atoms with Gasteiger partial charge in [0.25, 0.3) is 0 Å². The zero-order valence-electron chi connectivity index (χ0n) is 13.1. The lowest BCUT2D eigenvalue weighted by Gasteiger charge is -2.11. The van der Waals surface area contributed by atoms with Crippen LogP contribution in [0.25, 0.3) is 11.3 Å². The number of nitrogens with one attached hydrogen (secondary N) is 2. The van der Waals surface area contributed by atoms with Gasteiger partial charge in [0.15, 0.2) is 0 Å². The van der Waals surface area contributed by atoms with E-state index < -0.39 is 0 Å². The van der Waals surface area contributed by atoms with Crippen LogP contribution in [0.4, 0.5) is 11.5 Å². The molecule has 0 aliphatic carbocycles. The molecule has 3 aromatic rings. The second kappa shape index (κ2) is 6.71. The van der Waals surface area contributed by atoms with Crippen LogP contribution in [0.15, 0.2) is 54.7 Å². The molecule has 0 spiro atoms. The predicted octanol–water partition coefficient (Wildman–Crippen LogP) is 4.06. The number of pyridine rings is 2. The van der Waals surface area contributed by atoms with Crippen molar-refractivity contribution in [3.63, 3.8) is 0 Å². The first-order valence-corrected chi connectivity index (χ1v) is 7.41. The molecule has 24 heavy (non-hydrogen) atoms. The van der Waals surface area contributed by atoms with Gasteiger partial charge >= 0.3 is 0 Å². The Morgan fingerprint density at radius 3 is 2.79 bits per heavy atom. The molecule has 5 heteroatoms. The topological polar surface area (TPSA) is 85.5 Å². The van der Waals surface area contributed by atoms with E-state index in [-0.39, 0.29) is 0 Å². The molecular weight excluding hydrogens is 298 g/mol. The van der Waals surface area contributed by atoms with Gasteiger partial charge in [0.2, 0.25) is 0 Å². The van der Waals surface area contributed by atoms with Crippen LogP contribution >= 0.6 is 0 Å². The molecule has 2 aromatic heterocycles. The van der Waals surface area contributed by atoms with E-state index >= 15 is 0 Å². The van der Waals surface area contributed by atoms with Crippen molar-refractivity contribution in [2.24, 2.45) is 0 Å². The first-order chi connectivity index (χ1) is 11.7. The SMILES string of the molecule is Cc1cccc(Nc2cc(-c3cc(C#N)ccn3)ccc2C=N)n1. The molecule has 0 bridgehead atoms. The third-order valence-corrected chi connectivity index (χ3v) is 3.54. The van der Waals surface area contributed by atoms with E-state index in [4.69, 9.17) is 10.7 Å². The number of nitriles is 1. The smallest absolute Gasteiger partial charge is 0.130 e. The van der Waals surface area contributed by atoms with Crippen LogP contribution in [-0.4, -0.2) is 16.2 Å². The van der Waals surface area contributed by atoms with Gasteiger partial charge in [-0.2, -0.15) is 5.26 Å². The summed E-state index contributed by atoms with van der Waals surface area (Å²) in [6.45, 7) is 1.93. The molecule has 0 unspecified atom stereocenters. The summed E-state index contributed by atoms with van der Waals surface area (Å²) in [5, 5.41) is 19.9. The second-order valence-electron chi connectivity index (χ2n) is 5.28. The van der Waals surface area contributed by atoms with Gasteiger partial charge in [0.05, 0.1) is 17.3 Å². The Hall–Kier alpha value is -3.52. The normalized spacial score (nSPS) is 10.0. The Balaban J connectivity index is 2.02. The summed E-state index contributed by atoms with van der Waals surface area (Å²) in [7, 11) is 0. The van der Waals surface area contributed by atoms with Crippen LogP contribution in [0.5, 0.6) is 0 Å². The van der Waals surface area contributed by atoms with E-state index in [1.807, 2.05) is 43.3 Å². The lowest BCUT2D eigenvalue weighted by atomic mass is 10.1. The summed E-state index contributed by atoms with van der Waals surface area (Å²) < 4.78 is 0. The van der Waals surface area contributed by atoms with Crippen LogP contribution in [0, 0.1) is 23.7 Å². The fraction of sp³-hybridized carbons (Fsp3) is 0.0526. The molecule has 0 fully saturated rings. The highest BCUT2D eigenvalue weighted by atomic mass is 15.0. The number of aryl methyl sites for hydroxylation is 1. The molecule has 2 heterocycles. The van der Waals surface area contributed by atoms with Crippen molar-refractivity contribution in [3.05, 3.63) is 71.5 Å². The number of hydrogen-bond acceptors (Lipinski definition) is 5. The van der Waals surface area contributed by atoms with Crippen molar-refractivity contribution in [2.45, 2.75) is 6.92 Å².